The van der Waals surface area contributed by atoms with Gasteiger partial charge in [-0.1, -0.05) is 19.1 Å². The first-order valence-electron chi connectivity index (χ1n) is 5.16. The van der Waals surface area contributed by atoms with E-state index in [4.69, 9.17) is 0 Å². The molecule has 0 bridgehead atoms. The minimum absolute atomic E-state index is 0.139. The van der Waals surface area contributed by atoms with Crippen molar-refractivity contribution in [3.63, 3.8) is 0 Å². The Bertz CT molecular complexity index is 587. The van der Waals surface area contributed by atoms with Gasteiger partial charge in [-0.25, -0.2) is 13.4 Å². The molecule has 0 atom stereocenters. The fraction of sp³-hybridized carbons (Fsp3) is 0.364. The van der Waals surface area contributed by atoms with Crippen molar-refractivity contribution in [1.29, 1.82) is 0 Å². The Labute approximate surface area is 94.8 Å². The van der Waals surface area contributed by atoms with Gasteiger partial charge in [0.25, 0.3) is 0 Å². The Hall–Kier alpha value is -1.36. The predicted octanol–water partition coefficient (Wildman–Crippen LogP) is 1.27. The van der Waals surface area contributed by atoms with Crippen molar-refractivity contribution in [1.82, 2.24) is 9.55 Å². The zero-order valence-electron chi connectivity index (χ0n) is 9.05. The van der Waals surface area contributed by atoms with Gasteiger partial charge in [0, 0.05) is 12.3 Å². The molecule has 1 heterocycles. The van der Waals surface area contributed by atoms with E-state index in [9.17, 15) is 8.42 Å². The number of fused-ring (bicyclic) bond motifs is 1. The minimum atomic E-state index is -2.93. The van der Waals surface area contributed by atoms with Crippen molar-refractivity contribution in [3.05, 3.63) is 30.6 Å². The maximum absolute atomic E-state index is 11.4. The lowest BCUT2D eigenvalue weighted by Crippen LogP contribution is -2.14. The molecule has 2 rings (SSSR count). The van der Waals surface area contributed by atoms with Crippen LogP contribution in [-0.2, 0) is 16.4 Å². The third-order valence-corrected chi connectivity index (χ3v) is 4.21. The van der Waals surface area contributed by atoms with Gasteiger partial charge < -0.3 is 4.57 Å². The lowest BCUT2D eigenvalue weighted by molar-refractivity contribution is 0.591. The summed E-state index contributed by atoms with van der Waals surface area (Å²) in [6, 6.07) is 7.60. The molecule has 2 aromatic rings. The molecule has 16 heavy (non-hydrogen) atoms. The highest BCUT2D eigenvalue weighted by Gasteiger charge is 2.09. The highest BCUT2D eigenvalue weighted by Crippen LogP contribution is 2.11. The quantitative estimate of drug-likeness (QED) is 0.804. The van der Waals surface area contributed by atoms with Crippen LogP contribution in [0, 0.1) is 6.33 Å². The van der Waals surface area contributed by atoms with E-state index in [2.05, 4.69) is 11.3 Å². The molecule has 85 valence electrons. The van der Waals surface area contributed by atoms with E-state index < -0.39 is 9.84 Å². The Morgan fingerprint density at radius 2 is 2.12 bits per heavy atom. The standard InChI is InChI=1S/C11H13N2O2S/c1-2-16(14,15)8-7-13-9-12-10-5-3-4-6-11(10)13/h3-6H,2,7-8H2,1H3. The van der Waals surface area contributed by atoms with Gasteiger partial charge in [0.2, 0.25) is 0 Å². The number of imidazole rings is 1. The maximum Gasteiger partial charge on any atom is 0.177 e. The fourth-order valence-corrected chi connectivity index (χ4v) is 2.25. The van der Waals surface area contributed by atoms with Crippen molar-refractivity contribution >= 4 is 20.9 Å². The first-order chi connectivity index (χ1) is 7.62. The molecule has 1 aromatic carbocycles. The van der Waals surface area contributed by atoms with Gasteiger partial charge in [0.05, 0.1) is 16.8 Å². The van der Waals surface area contributed by atoms with Crippen molar-refractivity contribution in [2.24, 2.45) is 0 Å². The van der Waals surface area contributed by atoms with Gasteiger partial charge in [-0.15, -0.1) is 0 Å². The summed E-state index contributed by atoms with van der Waals surface area (Å²) in [5, 5.41) is 0. The molecule has 0 N–H and O–H groups in total. The Kier molecular flexibility index (Phi) is 2.96. The molecule has 0 aliphatic rings. The van der Waals surface area contributed by atoms with Crippen molar-refractivity contribution < 1.29 is 8.42 Å². The van der Waals surface area contributed by atoms with E-state index in [1.54, 1.807) is 11.5 Å². The average molecular weight is 237 g/mol. The van der Waals surface area contributed by atoms with Gasteiger partial charge in [0.15, 0.2) is 16.2 Å². The van der Waals surface area contributed by atoms with Gasteiger partial charge in [-0.05, 0) is 12.1 Å². The van der Waals surface area contributed by atoms with Gasteiger partial charge >= 0.3 is 0 Å². The normalized spacial score (nSPS) is 12.1. The highest BCUT2D eigenvalue weighted by atomic mass is 32.2. The van der Waals surface area contributed by atoms with E-state index >= 15 is 0 Å². The van der Waals surface area contributed by atoms with Crippen LogP contribution in [-0.4, -0.2) is 29.5 Å². The van der Waals surface area contributed by atoms with Crippen LogP contribution >= 0.6 is 0 Å². The molecule has 4 nitrogen and oxygen atoms in total. The second-order valence-corrected chi connectivity index (χ2v) is 6.06. The first kappa shape index (κ1) is 11.1. The molecule has 0 fully saturated rings. The van der Waals surface area contributed by atoms with Crippen LogP contribution in [0.5, 0.6) is 0 Å². The number of rotatable bonds is 4. The molecule has 0 aliphatic carbocycles. The van der Waals surface area contributed by atoms with Crippen LogP contribution in [0.3, 0.4) is 0 Å². The van der Waals surface area contributed by atoms with Crippen LogP contribution in [0.1, 0.15) is 6.92 Å². The van der Waals surface area contributed by atoms with E-state index in [0.717, 1.165) is 11.0 Å². The number of nitrogens with zero attached hydrogens (tertiary/aromatic N) is 2. The van der Waals surface area contributed by atoms with Crippen LogP contribution in [0.4, 0.5) is 0 Å². The molecule has 0 spiro atoms. The number of benzene rings is 1. The summed E-state index contributed by atoms with van der Waals surface area (Å²) in [5.41, 5.74) is 1.77. The zero-order chi connectivity index (χ0) is 11.6. The Morgan fingerprint density at radius 3 is 2.88 bits per heavy atom. The van der Waals surface area contributed by atoms with Gasteiger partial charge in [-0.3, -0.25) is 0 Å². The molecular formula is C11H13N2O2S. The zero-order valence-corrected chi connectivity index (χ0v) is 9.87. The van der Waals surface area contributed by atoms with Crippen molar-refractivity contribution in [2.75, 3.05) is 11.5 Å². The Balaban J connectivity index is 2.22. The second-order valence-electron chi connectivity index (χ2n) is 3.59. The van der Waals surface area contributed by atoms with E-state index in [1.807, 2.05) is 24.3 Å². The first-order valence-corrected chi connectivity index (χ1v) is 6.98. The van der Waals surface area contributed by atoms with Crippen LogP contribution in [0.2, 0.25) is 0 Å². The van der Waals surface area contributed by atoms with Crippen LogP contribution in [0.15, 0.2) is 24.3 Å². The highest BCUT2D eigenvalue weighted by molar-refractivity contribution is 7.91. The second kappa shape index (κ2) is 4.25. The molecule has 0 saturated carbocycles. The molecule has 0 unspecified atom stereocenters. The maximum atomic E-state index is 11.4. The molecule has 0 amide bonds. The molecule has 1 radical (unpaired) electrons. The van der Waals surface area contributed by atoms with Gasteiger partial charge in [-0.2, -0.15) is 0 Å². The largest absolute Gasteiger partial charge is 0.320 e. The third kappa shape index (κ3) is 2.24. The third-order valence-electron chi connectivity index (χ3n) is 2.53. The Morgan fingerprint density at radius 1 is 1.38 bits per heavy atom. The van der Waals surface area contributed by atoms with Gasteiger partial charge in [0.1, 0.15) is 0 Å². The summed E-state index contributed by atoms with van der Waals surface area (Å²) in [5.74, 6) is 0.319. The lowest BCUT2D eigenvalue weighted by Gasteiger charge is -2.03. The molecule has 1 aromatic heterocycles. The lowest BCUT2D eigenvalue weighted by atomic mass is 10.3. The SMILES string of the molecule is CCS(=O)(=O)CCn1[c]nc2ccccc21. The predicted molar refractivity (Wildman–Crippen MR) is 62.9 cm³/mol. The summed E-state index contributed by atoms with van der Waals surface area (Å²) in [6.45, 7) is 2.07. The molecule has 0 saturated heterocycles. The van der Waals surface area contributed by atoms with Crippen molar-refractivity contribution in [2.45, 2.75) is 13.5 Å². The molecular weight excluding hydrogens is 224 g/mol. The summed E-state index contributed by atoms with van der Waals surface area (Å²) < 4.78 is 24.5. The monoisotopic (exact) mass is 237 g/mol. The average Bonchev–Trinajstić information content (AvgIpc) is 2.70. The fourth-order valence-electron chi connectivity index (χ4n) is 1.50. The number of para-hydroxylation sites is 2. The van der Waals surface area contributed by atoms with Crippen LogP contribution < -0.4 is 0 Å². The van der Waals surface area contributed by atoms with Crippen molar-refractivity contribution in [3.8, 4) is 0 Å². The number of sulfone groups is 1. The number of aromatic nitrogens is 2. The van der Waals surface area contributed by atoms with E-state index in [0.29, 0.717) is 6.54 Å². The molecule has 0 aliphatic heterocycles. The number of hydrogen-bond acceptors (Lipinski definition) is 3. The minimum Gasteiger partial charge on any atom is -0.320 e. The summed E-state index contributed by atoms with van der Waals surface area (Å²) >= 11 is 0. The summed E-state index contributed by atoms with van der Waals surface area (Å²) in [4.78, 5) is 4.09. The number of hydrogen-bond donors (Lipinski definition) is 0. The molecule has 5 heteroatoms. The summed E-state index contributed by atoms with van der Waals surface area (Å²) in [7, 11) is -2.93. The number of aryl methyl sites for hydroxylation is 1. The summed E-state index contributed by atoms with van der Waals surface area (Å²) in [6.07, 6.45) is 2.81. The smallest absolute Gasteiger partial charge is 0.177 e. The van der Waals surface area contributed by atoms with Crippen LogP contribution in [0.25, 0.3) is 11.0 Å². The topological polar surface area (TPSA) is 52.0 Å². The van der Waals surface area contributed by atoms with E-state index in [-0.39, 0.29) is 11.5 Å². The van der Waals surface area contributed by atoms with E-state index in [1.165, 1.54) is 0 Å².